The van der Waals surface area contributed by atoms with E-state index in [4.69, 9.17) is 4.74 Å². The molecule has 0 radical (unpaired) electrons. The van der Waals surface area contributed by atoms with Gasteiger partial charge in [0.1, 0.15) is 6.04 Å². The molecule has 1 aliphatic rings. The van der Waals surface area contributed by atoms with Crippen molar-refractivity contribution < 1.29 is 14.3 Å². The van der Waals surface area contributed by atoms with Crippen LogP contribution in [0.25, 0.3) is 0 Å². The van der Waals surface area contributed by atoms with E-state index in [1.165, 1.54) is 0 Å². The number of carbonyl (C=O) groups excluding carboxylic acids is 2. The van der Waals surface area contributed by atoms with Gasteiger partial charge in [-0.05, 0) is 13.3 Å². The van der Waals surface area contributed by atoms with Crippen LogP contribution in [-0.2, 0) is 14.3 Å². The Morgan fingerprint density at radius 3 is 2.61 bits per heavy atom. The zero-order valence-electron chi connectivity index (χ0n) is 11.8. The minimum Gasteiger partial charge on any atom is -0.464 e. The fraction of sp³-hybridized carbons (Fsp3) is 0.846. The smallest absolute Gasteiger partial charge is 0.330 e. The molecule has 1 unspecified atom stereocenters. The predicted molar refractivity (Wildman–Crippen MR) is 69.1 cm³/mol. The standard InChI is InChI=1S/C13H24N2O3/c1-5-13(3,4)12(17)15-8-7-14-9-10(15)11(16)18-6-2/h10,14H,5-9H2,1-4H3. The van der Waals surface area contributed by atoms with E-state index < -0.39 is 11.5 Å². The minimum atomic E-state index is -0.489. The van der Waals surface area contributed by atoms with Gasteiger partial charge < -0.3 is 15.0 Å². The number of hydrogen-bond donors (Lipinski definition) is 1. The third kappa shape index (κ3) is 3.22. The molecule has 1 N–H and O–H groups in total. The molecule has 1 aliphatic heterocycles. The number of hydrogen-bond acceptors (Lipinski definition) is 4. The Morgan fingerprint density at radius 1 is 1.39 bits per heavy atom. The molecule has 1 saturated heterocycles. The molecule has 0 aromatic heterocycles. The molecular formula is C13H24N2O3. The summed E-state index contributed by atoms with van der Waals surface area (Å²) in [6.45, 7) is 9.70. The second kappa shape index (κ2) is 6.18. The number of nitrogens with one attached hydrogen (secondary N) is 1. The van der Waals surface area contributed by atoms with Crippen LogP contribution in [0, 0.1) is 5.41 Å². The van der Waals surface area contributed by atoms with Gasteiger partial charge >= 0.3 is 5.97 Å². The van der Waals surface area contributed by atoms with Crippen LogP contribution < -0.4 is 5.32 Å². The van der Waals surface area contributed by atoms with E-state index in [1.807, 2.05) is 20.8 Å². The number of esters is 1. The Bertz CT molecular complexity index is 315. The lowest BCUT2D eigenvalue weighted by Gasteiger charge is -2.38. The maximum absolute atomic E-state index is 12.5. The molecule has 1 atom stereocenters. The summed E-state index contributed by atoms with van der Waals surface area (Å²) in [5.41, 5.74) is -0.428. The zero-order valence-corrected chi connectivity index (χ0v) is 11.8. The van der Waals surface area contributed by atoms with Crippen molar-refractivity contribution in [3.8, 4) is 0 Å². The lowest BCUT2D eigenvalue weighted by Crippen LogP contribution is -2.59. The number of carbonyl (C=O) groups is 2. The highest BCUT2D eigenvalue weighted by Crippen LogP contribution is 2.25. The monoisotopic (exact) mass is 256 g/mol. The maximum Gasteiger partial charge on any atom is 0.330 e. The molecule has 0 saturated carbocycles. The topological polar surface area (TPSA) is 58.6 Å². The summed E-state index contributed by atoms with van der Waals surface area (Å²) < 4.78 is 5.04. The van der Waals surface area contributed by atoms with Gasteiger partial charge in [-0.15, -0.1) is 0 Å². The number of nitrogens with zero attached hydrogens (tertiary/aromatic N) is 1. The molecule has 0 bridgehead atoms. The van der Waals surface area contributed by atoms with Gasteiger partial charge in [0.2, 0.25) is 5.91 Å². The van der Waals surface area contributed by atoms with Gasteiger partial charge in [-0.1, -0.05) is 20.8 Å². The van der Waals surface area contributed by atoms with Gasteiger partial charge in [0, 0.05) is 25.0 Å². The van der Waals surface area contributed by atoms with Crippen molar-refractivity contribution in [2.75, 3.05) is 26.2 Å². The first-order valence-corrected chi connectivity index (χ1v) is 6.62. The van der Waals surface area contributed by atoms with Crippen LogP contribution >= 0.6 is 0 Å². The van der Waals surface area contributed by atoms with E-state index in [1.54, 1.807) is 11.8 Å². The molecule has 18 heavy (non-hydrogen) atoms. The first kappa shape index (κ1) is 15.0. The minimum absolute atomic E-state index is 0.0320. The van der Waals surface area contributed by atoms with Crippen molar-refractivity contribution in [1.82, 2.24) is 10.2 Å². The van der Waals surface area contributed by atoms with Crippen LogP contribution in [0.15, 0.2) is 0 Å². The number of piperazine rings is 1. The summed E-state index contributed by atoms with van der Waals surface area (Å²) in [6.07, 6.45) is 0.755. The Balaban J connectivity index is 2.82. The maximum atomic E-state index is 12.5. The fourth-order valence-electron chi connectivity index (χ4n) is 1.94. The fourth-order valence-corrected chi connectivity index (χ4v) is 1.94. The number of ether oxygens (including phenoxy) is 1. The average Bonchev–Trinajstić information content (AvgIpc) is 2.38. The third-order valence-corrected chi connectivity index (χ3v) is 3.53. The Kier molecular flexibility index (Phi) is 5.14. The first-order chi connectivity index (χ1) is 8.44. The summed E-state index contributed by atoms with van der Waals surface area (Å²) in [7, 11) is 0. The van der Waals surface area contributed by atoms with E-state index >= 15 is 0 Å². The molecular weight excluding hydrogens is 232 g/mol. The van der Waals surface area contributed by atoms with Gasteiger partial charge in [0.05, 0.1) is 6.61 Å². The van der Waals surface area contributed by atoms with Crippen LogP contribution in [0.3, 0.4) is 0 Å². The van der Waals surface area contributed by atoms with Crippen LogP contribution in [0.1, 0.15) is 34.1 Å². The molecule has 5 heteroatoms. The van der Waals surface area contributed by atoms with Crippen LogP contribution in [-0.4, -0.2) is 49.1 Å². The van der Waals surface area contributed by atoms with Crippen LogP contribution in [0.2, 0.25) is 0 Å². The summed E-state index contributed by atoms with van der Waals surface area (Å²) in [6, 6.07) is -0.489. The van der Waals surface area contributed by atoms with E-state index in [9.17, 15) is 9.59 Å². The molecule has 0 aromatic carbocycles. The van der Waals surface area contributed by atoms with Crippen molar-refractivity contribution in [1.29, 1.82) is 0 Å². The SMILES string of the molecule is CCOC(=O)C1CNCCN1C(=O)C(C)(C)CC. The quantitative estimate of drug-likeness (QED) is 0.755. The molecule has 104 valence electrons. The van der Waals surface area contributed by atoms with Gasteiger partial charge in [0.15, 0.2) is 0 Å². The van der Waals surface area contributed by atoms with Crippen molar-refractivity contribution in [2.24, 2.45) is 5.41 Å². The Labute approximate surface area is 109 Å². The molecule has 0 aromatic rings. The van der Waals surface area contributed by atoms with Gasteiger partial charge in [-0.3, -0.25) is 4.79 Å². The van der Waals surface area contributed by atoms with Gasteiger partial charge in [-0.2, -0.15) is 0 Å². The highest BCUT2D eigenvalue weighted by molar-refractivity contribution is 5.88. The van der Waals surface area contributed by atoms with Gasteiger partial charge in [0.25, 0.3) is 0 Å². The van der Waals surface area contributed by atoms with Crippen LogP contribution in [0.4, 0.5) is 0 Å². The first-order valence-electron chi connectivity index (χ1n) is 6.62. The summed E-state index contributed by atoms with van der Waals surface area (Å²) >= 11 is 0. The molecule has 1 rings (SSSR count). The molecule has 1 heterocycles. The highest BCUT2D eigenvalue weighted by Gasteiger charge is 2.38. The summed E-state index contributed by atoms with van der Waals surface area (Å²) in [4.78, 5) is 26.0. The van der Waals surface area contributed by atoms with Crippen LogP contribution in [0.5, 0.6) is 0 Å². The lowest BCUT2D eigenvalue weighted by atomic mass is 9.87. The molecule has 1 amide bonds. The molecule has 0 aliphatic carbocycles. The third-order valence-electron chi connectivity index (χ3n) is 3.53. The average molecular weight is 256 g/mol. The van der Waals surface area contributed by atoms with Crippen molar-refractivity contribution in [3.05, 3.63) is 0 Å². The normalized spacial score (nSPS) is 20.7. The second-order valence-corrected chi connectivity index (χ2v) is 5.21. The van der Waals surface area contributed by atoms with E-state index in [-0.39, 0.29) is 11.9 Å². The van der Waals surface area contributed by atoms with Crippen molar-refractivity contribution >= 4 is 11.9 Å². The van der Waals surface area contributed by atoms with Crippen molar-refractivity contribution in [2.45, 2.75) is 40.2 Å². The summed E-state index contributed by atoms with van der Waals surface area (Å²) in [5, 5.41) is 3.13. The Morgan fingerprint density at radius 2 is 2.06 bits per heavy atom. The van der Waals surface area contributed by atoms with Crippen molar-refractivity contribution in [3.63, 3.8) is 0 Å². The molecule has 0 spiro atoms. The van der Waals surface area contributed by atoms with E-state index in [2.05, 4.69) is 5.32 Å². The second-order valence-electron chi connectivity index (χ2n) is 5.21. The molecule has 1 fully saturated rings. The highest BCUT2D eigenvalue weighted by atomic mass is 16.5. The summed E-state index contributed by atoms with van der Waals surface area (Å²) in [5.74, 6) is -0.283. The molecule has 5 nitrogen and oxygen atoms in total. The van der Waals surface area contributed by atoms with Gasteiger partial charge in [-0.25, -0.2) is 4.79 Å². The van der Waals surface area contributed by atoms with E-state index in [0.29, 0.717) is 19.7 Å². The van der Waals surface area contributed by atoms with E-state index in [0.717, 1.165) is 13.0 Å². The Hall–Kier alpha value is -1.10. The largest absolute Gasteiger partial charge is 0.464 e. The zero-order chi connectivity index (χ0) is 13.8. The predicted octanol–water partition coefficient (Wildman–Crippen LogP) is 0.786. The number of rotatable bonds is 4. The number of amides is 1. The lowest BCUT2D eigenvalue weighted by molar-refractivity contribution is -0.159.